The number of rotatable bonds is 3. The second-order valence-electron chi connectivity index (χ2n) is 5.79. The lowest BCUT2D eigenvalue weighted by Gasteiger charge is -2.13. The summed E-state index contributed by atoms with van der Waals surface area (Å²) in [5.74, 6) is -0.331. The molecule has 0 aliphatic rings. The monoisotopic (exact) mass is 337 g/mol. The van der Waals surface area contributed by atoms with Crippen LogP contribution in [0.5, 0.6) is 0 Å². The van der Waals surface area contributed by atoms with E-state index in [-0.39, 0.29) is 5.91 Å². The molecule has 0 unspecified atom stereocenters. The van der Waals surface area contributed by atoms with E-state index in [0.29, 0.717) is 33.8 Å². The number of hydrogen-bond acceptors (Lipinski definition) is 5. The molecular weight excluding hydrogens is 322 g/mol. The van der Waals surface area contributed by atoms with E-state index in [4.69, 9.17) is 8.83 Å². The minimum absolute atomic E-state index is 0.326. The number of nitrogens with zero attached hydrogens (tertiary/aromatic N) is 2. The number of carbonyl (C=O) groups is 1. The minimum Gasteiger partial charge on any atom is -0.441 e. The number of carbonyl (C=O) groups excluding carboxylic acids is 1. The molecule has 25 heavy (non-hydrogen) atoms. The highest BCUT2D eigenvalue weighted by Gasteiger charge is 2.21. The van der Waals surface area contributed by atoms with Crippen LogP contribution in [-0.2, 0) is 4.79 Å². The van der Waals surface area contributed by atoms with Crippen molar-refractivity contribution in [1.82, 2.24) is 9.55 Å². The van der Waals surface area contributed by atoms with Gasteiger partial charge in [-0.3, -0.25) is 9.36 Å². The lowest BCUT2D eigenvalue weighted by molar-refractivity contribution is -0.118. The molecule has 0 aliphatic heterocycles. The van der Waals surface area contributed by atoms with Gasteiger partial charge in [0.15, 0.2) is 17.1 Å². The van der Waals surface area contributed by atoms with Crippen LogP contribution in [0.25, 0.3) is 22.2 Å². The molecule has 0 spiro atoms. The summed E-state index contributed by atoms with van der Waals surface area (Å²) in [6.07, 6.45) is 0. The van der Waals surface area contributed by atoms with E-state index in [9.17, 15) is 9.59 Å². The molecule has 2 aromatic heterocycles. The van der Waals surface area contributed by atoms with E-state index in [1.165, 1.54) is 4.57 Å². The standard InChI is InChI=1S/C18H15N3O4/c1-10(21-14-5-3-4-6-16(14)25-18(21)23)17(22)20-12-7-8-15-13(9-12)19-11(2)24-15/h3-10H,1-2H3,(H,20,22)/t10-/m0/s1. The molecule has 126 valence electrons. The zero-order chi connectivity index (χ0) is 17.6. The average molecular weight is 337 g/mol. The molecule has 7 heteroatoms. The predicted octanol–water partition coefficient (Wildman–Crippen LogP) is 3.24. The van der Waals surface area contributed by atoms with E-state index in [0.717, 1.165) is 0 Å². The van der Waals surface area contributed by atoms with Crippen LogP contribution in [0.2, 0.25) is 0 Å². The molecule has 4 rings (SSSR count). The third kappa shape index (κ3) is 2.59. The molecule has 2 aromatic carbocycles. The summed E-state index contributed by atoms with van der Waals surface area (Å²) in [5, 5.41) is 2.80. The van der Waals surface area contributed by atoms with Crippen molar-refractivity contribution in [1.29, 1.82) is 0 Å². The van der Waals surface area contributed by atoms with Gasteiger partial charge in [0, 0.05) is 12.6 Å². The van der Waals surface area contributed by atoms with Gasteiger partial charge >= 0.3 is 5.76 Å². The van der Waals surface area contributed by atoms with E-state index < -0.39 is 11.8 Å². The molecular formula is C18H15N3O4. The quantitative estimate of drug-likeness (QED) is 0.620. The highest BCUT2D eigenvalue weighted by Crippen LogP contribution is 2.22. The maximum atomic E-state index is 12.6. The molecule has 0 saturated carbocycles. The Morgan fingerprint density at radius 1 is 1.16 bits per heavy atom. The molecule has 4 aromatic rings. The molecule has 1 amide bonds. The number of hydrogen-bond donors (Lipinski definition) is 1. The Morgan fingerprint density at radius 3 is 2.80 bits per heavy atom. The average Bonchev–Trinajstić information content (AvgIpc) is 3.11. The first-order valence-electron chi connectivity index (χ1n) is 7.81. The van der Waals surface area contributed by atoms with Crippen molar-refractivity contribution in [3.05, 3.63) is 58.9 Å². The maximum absolute atomic E-state index is 12.6. The fraction of sp³-hybridized carbons (Fsp3) is 0.167. The van der Waals surface area contributed by atoms with Crippen LogP contribution in [0, 0.1) is 6.92 Å². The normalized spacial score (nSPS) is 12.6. The molecule has 0 aliphatic carbocycles. The van der Waals surface area contributed by atoms with Crippen LogP contribution in [0.4, 0.5) is 5.69 Å². The first kappa shape index (κ1) is 15.2. The third-order valence-electron chi connectivity index (χ3n) is 4.05. The molecule has 0 saturated heterocycles. The number of aromatic nitrogens is 2. The molecule has 2 heterocycles. The van der Waals surface area contributed by atoms with Gasteiger partial charge < -0.3 is 14.2 Å². The molecule has 1 N–H and O–H groups in total. The Kier molecular flexibility index (Phi) is 3.42. The maximum Gasteiger partial charge on any atom is 0.420 e. The van der Waals surface area contributed by atoms with Crippen molar-refractivity contribution in [2.75, 3.05) is 5.32 Å². The largest absolute Gasteiger partial charge is 0.441 e. The summed E-state index contributed by atoms with van der Waals surface area (Å²) in [4.78, 5) is 28.9. The highest BCUT2D eigenvalue weighted by molar-refractivity contribution is 5.95. The Labute approximate surface area is 141 Å². The smallest absolute Gasteiger partial charge is 0.420 e. The van der Waals surface area contributed by atoms with Gasteiger partial charge in [0.25, 0.3) is 0 Å². The van der Waals surface area contributed by atoms with Gasteiger partial charge in [-0.05, 0) is 37.3 Å². The number of oxazole rings is 2. The second kappa shape index (κ2) is 5.62. The number of para-hydroxylation sites is 2. The zero-order valence-corrected chi connectivity index (χ0v) is 13.6. The zero-order valence-electron chi connectivity index (χ0n) is 13.6. The van der Waals surface area contributed by atoms with Crippen LogP contribution >= 0.6 is 0 Å². The SMILES string of the molecule is Cc1nc2cc(NC(=O)[C@H](C)n3c(=O)oc4ccccc43)ccc2o1. The Morgan fingerprint density at radius 2 is 1.96 bits per heavy atom. The van der Waals surface area contributed by atoms with Crippen molar-refractivity contribution < 1.29 is 13.6 Å². The van der Waals surface area contributed by atoms with E-state index >= 15 is 0 Å². The summed E-state index contributed by atoms with van der Waals surface area (Å²) < 4.78 is 11.9. The highest BCUT2D eigenvalue weighted by atomic mass is 16.4. The lowest BCUT2D eigenvalue weighted by Crippen LogP contribution is -2.29. The van der Waals surface area contributed by atoms with Crippen LogP contribution in [0.1, 0.15) is 18.9 Å². The van der Waals surface area contributed by atoms with Gasteiger partial charge in [-0.15, -0.1) is 0 Å². The number of anilines is 1. The number of fused-ring (bicyclic) bond motifs is 2. The van der Waals surface area contributed by atoms with Gasteiger partial charge in [0.1, 0.15) is 11.6 Å². The van der Waals surface area contributed by atoms with E-state index in [1.807, 2.05) is 0 Å². The van der Waals surface area contributed by atoms with Crippen molar-refractivity contribution in [3.63, 3.8) is 0 Å². The van der Waals surface area contributed by atoms with Crippen molar-refractivity contribution in [3.8, 4) is 0 Å². The Hall–Kier alpha value is -3.35. The van der Waals surface area contributed by atoms with Crippen LogP contribution in [0.15, 0.2) is 56.1 Å². The van der Waals surface area contributed by atoms with Gasteiger partial charge in [-0.2, -0.15) is 0 Å². The summed E-state index contributed by atoms with van der Waals surface area (Å²) in [6, 6.07) is 11.5. The van der Waals surface area contributed by atoms with Crippen molar-refractivity contribution in [2.45, 2.75) is 19.9 Å². The van der Waals surface area contributed by atoms with Gasteiger partial charge in [0.05, 0.1) is 5.52 Å². The van der Waals surface area contributed by atoms with Crippen molar-refractivity contribution in [2.24, 2.45) is 0 Å². The number of benzene rings is 2. The minimum atomic E-state index is -0.731. The predicted molar refractivity (Wildman–Crippen MR) is 92.6 cm³/mol. The topological polar surface area (TPSA) is 90.3 Å². The fourth-order valence-corrected chi connectivity index (χ4v) is 2.84. The van der Waals surface area contributed by atoms with Crippen LogP contribution in [0.3, 0.4) is 0 Å². The van der Waals surface area contributed by atoms with E-state index in [2.05, 4.69) is 10.3 Å². The Bertz CT molecular complexity index is 1150. The molecule has 1 atom stereocenters. The second-order valence-corrected chi connectivity index (χ2v) is 5.79. The molecule has 7 nitrogen and oxygen atoms in total. The number of nitrogens with one attached hydrogen (secondary N) is 1. The third-order valence-corrected chi connectivity index (χ3v) is 4.05. The number of aryl methyl sites for hydroxylation is 1. The van der Waals surface area contributed by atoms with Crippen LogP contribution < -0.4 is 11.1 Å². The molecule has 0 radical (unpaired) electrons. The van der Waals surface area contributed by atoms with Gasteiger partial charge in [0.2, 0.25) is 5.91 Å². The lowest BCUT2D eigenvalue weighted by atomic mass is 10.2. The first-order chi connectivity index (χ1) is 12.0. The summed E-state index contributed by atoms with van der Waals surface area (Å²) in [6.45, 7) is 3.41. The Balaban J connectivity index is 1.65. The molecule has 0 fully saturated rings. The number of amides is 1. The van der Waals surface area contributed by atoms with E-state index in [1.54, 1.807) is 56.3 Å². The van der Waals surface area contributed by atoms with Crippen molar-refractivity contribution >= 4 is 33.8 Å². The summed E-state index contributed by atoms with van der Waals surface area (Å²) in [7, 11) is 0. The summed E-state index contributed by atoms with van der Waals surface area (Å²) >= 11 is 0. The van der Waals surface area contributed by atoms with Crippen LogP contribution in [-0.4, -0.2) is 15.5 Å². The molecule has 0 bridgehead atoms. The first-order valence-corrected chi connectivity index (χ1v) is 7.81. The van der Waals surface area contributed by atoms with Gasteiger partial charge in [-0.1, -0.05) is 12.1 Å². The van der Waals surface area contributed by atoms with Gasteiger partial charge in [-0.25, -0.2) is 9.78 Å². The fourth-order valence-electron chi connectivity index (χ4n) is 2.84. The summed E-state index contributed by atoms with van der Waals surface area (Å²) in [5.41, 5.74) is 2.93.